The lowest BCUT2D eigenvalue weighted by atomic mass is 10.1. The van der Waals surface area contributed by atoms with Gasteiger partial charge in [-0.05, 0) is 24.6 Å². The molecule has 0 spiro atoms. The fourth-order valence-corrected chi connectivity index (χ4v) is 2.72. The highest BCUT2D eigenvalue weighted by Crippen LogP contribution is 2.26. The molecular weight excluding hydrogens is 300 g/mol. The predicted octanol–water partition coefficient (Wildman–Crippen LogP) is 3.21. The van der Waals surface area contributed by atoms with E-state index in [1.165, 1.54) is 18.2 Å². The maximum atomic E-state index is 13.4. The molecule has 0 aliphatic rings. The number of carbonyl (C=O) groups excluding carboxylic acids is 1. The Bertz CT molecular complexity index is 712. The van der Waals surface area contributed by atoms with Gasteiger partial charge in [-0.3, -0.25) is 4.79 Å². The molecule has 0 saturated heterocycles. The van der Waals surface area contributed by atoms with Crippen LogP contribution in [0.4, 0.5) is 13.8 Å². The van der Waals surface area contributed by atoms with Gasteiger partial charge >= 0.3 is 5.97 Å². The summed E-state index contributed by atoms with van der Waals surface area (Å²) in [4.78, 5) is 22.8. The zero-order chi connectivity index (χ0) is 15.6. The van der Waals surface area contributed by atoms with Crippen LogP contribution < -0.4 is 5.32 Å². The Morgan fingerprint density at radius 1 is 1.33 bits per heavy atom. The Labute approximate surface area is 123 Å². The molecule has 0 fully saturated rings. The molecule has 0 bridgehead atoms. The van der Waals surface area contributed by atoms with Crippen molar-refractivity contribution in [3.05, 3.63) is 51.9 Å². The summed E-state index contributed by atoms with van der Waals surface area (Å²) >= 11 is 0.915. The summed E-state index contributed by atoms with van der Waals surface area (Å²) in [6.07, 6.45) is -0.330. The molecule has 4 nitrogen and oxygen atoms in total. The van der Waals surface area contributed by atoms with E-state index in [0.717, 1.165) is 17.4 Å². The van der Waals surface area contributed by atoms with Crippen molar-refractivity contribution in [1.82, 2.24) is 0 Å². The lowest BCUT2D eigenvalue weighted by Gasteiger charge is -2.04. The standard InChI is InChI=1S/C14H11F2NO3S/c1-7-5-11(21-13(7)14(19)20)17-10(18)6-8-3-2-4-9(15)12(8)16/h2-5H,6H2,1H3,(H,17,18)(H,19,20). The molecule has 2 rings (SSSR count). The van der Waals surface area contributed by atoms with E-state index in [-0.39, 0.29) is 16.9 Å². The normalized spacial score (nSPS) is 10.4. The molecular formula is C14H11F2NO3S. The quantitative estimate of drug-likeness (QED) is 0.911. The molecule has 1 heterocycles. The first-order chi connectivity index (χ1) is 9.88. The van der Waals surface area contributed by atoms with E-state index < -0.39 is 23.5 Å². The maximum absolute atomic E-state index is 13.4. The number of aromatic carboxylic acids is 1. The fraction of sp³-hybridized carbons (Fsp3) is 0.143. The molecule has 0 aliphatic carbocycles. The number of aryl methyl sites for hydroxylation is 1. The molecule has 2 N–H and O–H groups in total. The molecule has 0 aliphatic heterocycles. The third kappa shape index (κ3) is 3.43. The topological polar surface area (TPSA) is 66.4 Å². The first kappa shape index (κ1) is 15.1. The van der Waals surface area contributed by atoms with Gasteiger partial charge in [-0.25, -0.2) is 13.6 Å². The smallest absolute Gasteiger partial charge is 0.346 e. The highest BCUT2D eigenvalue weighted by atomic mass is 32.1. The minimum atomic E-state index is -1.07. The lowest BCUT2D eigenvalue weighted by molar-refractivity contribution is -0.115. The van der Waals surface area contributed by atoms with Gasteiger partial charge < -0.3 is 10.4 Å². The number of anilines is 1. The third-order valence-electron chi connectivity index (χ3n) is 2.76. The summed E-state index contributed by atoms with van der Waals surface area (Å²) < 4.78 is 26.5. The van der Waals surface area contributed by atoms with Crippen molar-refractivity contribution in [2.45, 2.75) is 13.3 Å². The molecule has 110 valence electrons. The van der Waals surface area contributed by atoms with E-state index in [0.29, 0.717) is 10.6 Å². The number of halogens is 2. The highest BCUT2D eigenvalue weighted by molar-refractivity contribution is 7.18. The maximum Gasteiger partial charge on any atom is 0.346 e. The van der Waals surface area contributed by atoms with Crippen molar-refractivity contribution < 1.29 is 23.5 Å². The van der Waals surface area contributed by atoms with Crippen LogP contribution in [0.1, 0.15) is 20.8 Å². The lowest BCUT2D eigenvalue weighted by Crippen LogP contribution is -2.14. The number of carboxylic acid groups (broad SMARTS) is 1. The van der Waals surface area contributed by atoms with Gasteiger partial charge in [0.1, 0.15) is 4.88 Å². The monoisotopic (exact) mass is 311 g/mol. The van der Waals surface area contributed by atoms with Crippen LogP contribution in [0.2, 0.25) is 0 Å². The molecule has 7 heteroatoms. The first-order valence-corrected chi connectivity index (χ1v) is 6.76. The second-order valence-corrected chi connectivity index (χ2v) is 5.42. The van der Waals surface area contributed by atoms with E-state index in [2.05, 4.69) is 5.32 Å². The number of carbonyl (C=O) groups is 2. The Kier molecular flexibility index (Phi) is 4.32. The average Bonchev–Trinajstić information content (AvgIpc) is 2.76. The number of hydrogen-bond donors (Lipinski definition) is 2. The van der Waals surface area contributed by atoms with Gasteiger partial charge in [-0.2, -0.15) is 0 Å². The van der Waals surface area contributed by atoms with E-state index in [4.69, 9.17) is 5.11 Å². The number of nitrogens with one attached hydrogen (secondary N) is 1. The zero-order valence-corrected chi connectivity index (χ0v) is 11.8. The van der Waals surface area contributed by atoms with Gasteiger partial charge in [0.25, 0.3) is 0 Å². The van der Waals surface area contributed by atoms with Crippen LogP contribution in [0.15, 0.2) is 24.3 Å². The van der Waals surface area contributed by atoms with Crippen molar-refractivity contribution in [2.75, 3.05) is 5.32 Å². The second-order valence-electron chi connectivity index (χ2n) is 4.37. The van der Waals surface area contributed by atoms with Crippen LogP contribution in [0.3, 0.4) is 0 Å². The van der Waals surface area contributed by atoms with Crippen LogP contribution in [0.5, 0.6) is 0 Å². The Balaban J connectivity index is 2.10. The third-order valence-corrected chi connectivity index (χ3v) is 3.90. The second kappa shape index (κ2) is 6.01. The summed E-state index contributed by atoms with van der Waals surface area (Å²) in [7, 11) is 0. The Morgan fingerprint density at radius 3 is 2.67 bits per heavy atom. The van der Waals surface area contributed by atoms with Crippen molar-refractivity contribution in [3.63, 3.8) is 0 Å². The molecule has 2 aromatic rings. The van der Waals surface area contributed by atoms with Crippen molar-refractivity contribution in [1.29, 1.82) is 0 Å². The Hall–Kier alpha value is -2.28. The van der Waals surface area contributed by atoms with Gasteiger partial charge in [-0.1, -0.05) is 12.1 Å². The largest absolute Gasteiger partial charge is 0.477 e. The van der Waals surface area contributed by atoms with E-state index in [1.54, 1.807) is 6.92 Å². The van der Waals surface area contributed by atoms with Gasteiger partial charge in [-0.15, -0.1) is 11.3 Å². The summed E-state index contributed by atoms with van der Waals surface area (Å²) in [6.45, 7) is 1.61. The number of thiophene rings is 1. The molecule has 1 aromatic carbocycles. The highest BCUT2D eigenvalue weighted by Gasteiger charge is 2.15. The van der Waals surface area contributed by atoms with Crippen molar-refractivity contribution in [2.24, 2.45) is 0 Å². The Morgan fingerprint density at radius 2 is 2.05 bits per heavy atom. The van der Waals surface area contributed by atoms with Crippen molar-refractivity contribution in [3.8, 4) is 0 Å². The van der Waals surface area contributed by atoms with Gasteiger partial charge in [0, 0.05) is 5.56 Å². The summed E-state index contributed by atoms with van der Waals surface area (Å²) in [6, 6.07) is 5.13. The number of hydrogen-bond acceptors (Lipinski definition) is 3. The van der Waals surface area contributed by atoms with Gasteiger partial charge in [0.2, 0.25) is 5.91 Å². The zero-order valence-electron chi connectivity index (χ0n) is 10.9. The molecule has 0 saturated carbocycles. The van der Waals surface area contributed by atoms with Crippen LogP contribution >= 0.6 is 11.3 Å². The first-order valence-electron chi connectivity index (χ1n) is 5.95. The number of rotatable bonds is 4. The summed E-state index contributed by atoms with van der Waals surface area (Å²) in [5.74, 6) is -3.69. The number of benzene rings is 1. The molecule has 21 heavy (non-hydrogen) atoms. The molecule has 0 unspecified atom stereocenters. The number of carboxylic acids is 1. The molecule has 0 radical (unpaired) electrons. The minimum absolute atomic E-state index is 0.0563. The van der Waals surface area contributed by atoms with E-state index in [9.17, 15) is 18.4 Å². The van der Waals surface area contributed by atoms with E-state index >= 15 is 0 Å². The summed E-state index contributed by atoms with van der Waals surface area (Å²) in [5, 5.41) is 11.8. The minimum Gasteiger partial charge on any atom is -0.477 e. The average molecular weight is 311 g/mol. The predicted molar refractivity (Wildman–Crippen MR) is 74.7 cm³/mol. The van der Waals surface area contributed by atoms with Gasteiger partial charge in [0.15, 0.2) is 11.6 Å². The van der Waals surface area contributed by atoms with Crippen LogP contribution in [-0.2, 0) is 11.2 Å². The SMILES string of the molecule is Cc1cc(NC(=O)Cc2cccc(F)c2F)sc1C(=O)O. The number of amides is 1. The molecule has 0 atom stereocenters. The van der Waals surface area contributed by atoms with Crippen LogP contribution in [0.25, 0.3) is 0 Å². The fourth-order valence-electron chi connectivity index (χ4n) is 1.80. The molecule has 1 aromatic heterocycles. The van der Waals surface area contributed by atoms with E-state index in [1.807, 2.05) is 0 Å². The van der Waals surface area contributed by atoms with Crippen LogP contribution in [0, 0.1) is 18.6 Å². The summed E-state index contributed by atoms with van der Waals surface area (Å²) in [5.41, 5.74) is 0.471. The van der Waals surface area contributed by atoms with Crippen LogP contribution in [-0.4, -0.2) is 17.0 Å². The van der Waals surface area contributed by atoms with Crippen molar-refractivity contribution >= 4 is 28.2 Å². The molecule has 1 amide bonds. The van der Waals surface area contributed by atoms with Gasteiger partial charge in [0.05, 0.1) is 11.4 Å².